The van der Waals surface area contributed by atoms with E-state index in [4.69, 9.17) is 0 Å². The van der Waals surface area contributed by atoms with Gasteiger partial charge in [0, 0.05) is 11.4 Å². The van der Waals surface area contributed by atoms with E-state index in [-0.39, 0.29) is 5.41 Å². The molecule has 11 rings (SSSR count). The fourth-order valence-electron chi connectivity index (χ4n) is 9.06. The molecule has 0 aromatic heterocycles. The Labute approximate surface area is 303 Å². The summed E-state index contributed by atoms with van der Waals surface area (Å²) in [4.78, 5) is 0. The van der Waals surface area contributed by atoms with Crippen LogP contribution in [0.1, 0.15) is 22.3 Å². The van der Waals surface area contributed by atoms with Gasteiger partial charge >= 0.3 is 0 Å². The predicted octanol–water partition coefficient (Wildman–Crippen LogP) is 13.4. The van der Waals surface area contributed by atoms with Crippen molar-refractivity contribution in [3.63, 3.8) is 0 Å². The van der Waals surface area contributed by atoms with E-state index in [0.717, 1.165) is 11.4 Å². The SMILES string of the molecule is c1ccc2c(c1)-c1ccccc1C21c2ccccc2-c2ccc(Nc3ccc(-c4ccc5cc(-c6ccc7ccccc7c6)ccc5c4)cc3)cc21. The van der Waals surface area contributed by atoms with Crippen molar-refractivity contribution in [1.29, 1.82) is 0 Å². The highest BCUT2D eigenvalue weighted by molar-refractivity contribution is 5.96. The number of anilines is 2. The molecule has 2 aliphatic rings. The van der Waals surface area contributed by atoms with Crippen LogP contribution in [0.2, 0.25) is 0 Å². The van der Waals surface area contributed by atoms with Gasteiger partial charge in [-0.2, -0.15) is 0 Å². The Kier molecular flexibility index (Phi) is 6.23. The van der Waals surface area contributed by atoms with Crippen LogP contribution in [0, 0.1) is 0 Å². The van der Waals surface area contributed by atoms with Crippen molar-refractivity contribution in [2.75, 3.05) is 5.32 Å². The van der Waals surface area contributed by atoms with Crippen LogP contribution in [0.15, 0.2) is 194 Å². The lowest BCUT2D eigenvalue weighted by atomic mass is 9.70. The van der Waals surface area contributed by atoms with Crippen LogP contribution >= 0.6 is 0 Å². The number of hydrogen-bond acceptors (Lipinski definition) is 1. The van der Waals surface area contributed by atoms with E-state index in [1.807, 2.05) is 0 Å². The fraction of sp³-hybridized carbons (Fsp3) is 0.0196. The number of benzene rings is 9. The fourth-order valence-corrected chi connectivity index (χ4v) is 9.06. The second-order valence-electron chi connectivity index (χ2n) is 14.2. The molecular formula is C51H33N. The third-order valence-electron chi connectivity index (χ3n) is 11.4. The Hall–Kier alpha value is -6.70. The normalized spacial score (nSPS) is 13.2. The third kappa shape index (κ3) is 4.23. The Bertz CT molecular complexity index is 2810. The van der Waals surface area contributed by atoms with E-state index >= 15 is 0 Å². The van der Waals surface area contributed by atoms with Crippen LogP contribution in [0.25, 0.3) is 66.1 Å². The maximum Gasteiger partial charge on any atom is 0.0726 e. The molecule has 2 aliphatic carbocycles. The van der Waals surface area contributed by atoms with Gasteiger partial charge in [-0.1, -0.05) is 152 Å². The van der Waals surface area contributed by atoms with Gasteiger partial charge in [-0.05, 0) is 131 Å². The highest BCUT2D eigenvalue weighted by Crippen LogP contribution is 2.63. The van der Waals surface area contributed by atoms with Crippen molar-refractivity contribution >= 4 is 32.9 Å². The van der Waals surface area contributed by atoms with Crippen LogP contribution in [-0.2, 0) is 5.41 Å². The molecule has 0 bridgehead atoms. The lowest BCUT2D eigenvalue weighted by molar-refractivity contribution is 0.794. The van der Waals surface area contributed by atoms with Gasteiger partial charge in [0.1, 0.15) is 0 Å². The number of rotatable bonds is 4. The van der Waals surface area contributed by atoms with Crippen LogP contribution < -0.4 is 5.32 Å². The molecule has 0 atom stereocenters. The highest BCUT2D eigenvalue weighted by atomic mass is 14.9. The largest absolute Gasteiger partial charge is 0.356 e. The minimum absolute atomic E-state index is 0.340. The molecule has 0 amide bonds. The van der Waals surface area contributed by atoms with E-state index in [0.29, 0.717) is 0 Å². The number of nitrogens with one attached hydrogen (secondary N) is 1. The average molecular weight is 660 g/mol. The Morgan fingerprint density at radius 2 is 0.673 bits per heavy atom. The summed E-state index contributed by atoms with van der Waals surface area (Å²) in [6, 6.07) is 71.5. The molecule has 52 heavy (non-hydrogen) atoms. The maximum atomic E-state index is 3.76. The van der Waals surface area contributed by atoms with Crippen molar-refractivity contribution in [2.24, 2.45) is 0 Å². The molecule has 1 nitrogen and oxygen atoms in total. The van der Waals surface area contributed by atoms with Gasteiger partial charge in [0.25, 0.3) is 0 Å². The molecule has 0 fully saturated rings. The first kappa shape index (κ1) is 29.1. The van der Waals surface area contributed by atoms with Crippen molar-refractivity contribution in [1.82, 2.24) is 0 Å². The van der Waals surface area contributed by atoms with Gasteiger partial charge in [-0.25, -0.2) is 0 Å². The first-order chi connectivity index (χ1) is 25.7. The molecule has 0 saturated heterocycles. The maximum absolute atomic E-state index is 3.76. The number of hydrogen-bond donors (Lipinski definition) is 1. The van der Waals surface area contributed by atoms with Crippen molar-refractivity contribution in [2.45, 2.75) is 5.41 Å². The van der Waals surface area contributed by atoms with E-state index < -0.39 is 0 Å². The predicted molar refractivity (Wildman–Crippen MR) is 218 cm³/mol. The van der Waals surface area contributed by atoms with Gasteiger partial charge in [-0.3, -0.25) is 0 Å². The van der Waals surface area contributed by atoms with E-state index in [2.05, 4.69) is 199 Å². The molecule has 1 N–H and O–H groups in total. The van der Waals surface area contributed by atoms with Gasteiger partial charge in [-0.15, -0.1) is 0 Å². The molecule has 0 heterocycles. The number of fused-ring (bicyclic) bond motifs is 12. The van der Waals surface area contributed by atoms with Gasteiger partial charge in [0.2, 0.25) is 0 Å². The zero-order chi connectivity index (χ0) is 34.2. The quantitative estimate of drug-likeness (QED) is 0.198. The first-order valence-electron chi connectivity index (χ1n) is 18.1. The summed E-state index contributed by atoms with van der Waals surface area (Å²) in [6.45, 7) is 0. The standard InChI is InChI=1S/C51H33N/c1-2-10-35-29-37(18-17-33(35)9-1)40-22-21-38-30-36(19-20-39(38)31-40)34-23-25-41(26-24-34)52-42-27-28-46-45-13-5-8-16-49(45)51(50(46)32-42)47-14-6-3-11-43(47)44-12-4-7-15-48(44)51/h1-32,52H. The highest BCUT2D eigenvalue weighted by Gasteiger charge is 2.51. The van der Waals surface area contributed by atoms with Gasteiger partial charge in [0.15, 0.2) is 0 Å². The van der Waals surface area contributed by atoms with Crippen LogP contribution in [0.3, 0.4) is 0 Å². The lowest BCUT2D eigenvalue weighted by Crippen LogP contribution is -2.25. The van der Waals surface area contributed by atoms with E-state index in [1.54, 1.807) is 0 Å². The Morgan fingerprint density at radius 1 is 0.269 bits per heavy atom. The summed E-state index contributed by atoms with van der Waals surface area (Å²) < 4.78 is 0. The van der Waals surface area contributed by atoms with Gasteiger partial charge < -0.3 is 5.32 Å². The summed E-state index contributed by atoms with van der Waals surface area (Å²) in [5.41, 5.74) is 17.4. The molecule has 9 aromatic rings. The second-order valence-corrected chi connectivity index (χ2v) is 14.2. The van der Waals surface area contributed by atoms with E-state index in [9.17, 15) is 0 Å². The molecule has 0 saturated carbocycles. The molecule has 0 unspecified atom stereocenters. The second kappa shape index (κ2) is 11.2. The van der Waals surface area contributed by atoms with Crippen LogP contribution in [-0.4, -0.2) is 0 Å². The average Bonchev–Trinajstić information content (AvgIpc) is 3.68. The minimum Gasteiger partial charge on any atom is -0.356 e. The molecule has 0 radical (unpaired) electrons. The van der Waals surface area contributed by atoms with Crippen LogP contribution in [0.4, 0.5) is 11.4 Å². The van der Waals surface area contributed by atoms with Crippen LogP contribution in [0.5, 0.6) is 0 Å². The molecule has 0 aliphatic heterocycles. The summed E-state index contributed by atoms with van der Waals surface area (Å²) in [5.74, 6) is 0. The zero-order valence-corrected chi connectivity index (χ0v) is 28.5. The molecule has 1 spiro atoms. The molecule has 1 heteroatoms. The Balaban J connectivity index is 0.913. The summed E-state index contributed by atoms with van der Waals surface area (Å²) in [7, 11) is 0. The summed E-state index contributed by atoms with van der Waals surface area (Å²) in [5, 5.41) is 8.78. The molecular weight excluding hydrogens is 627 g/mol. The third-order valence-corrected chi connectivity index (χ3v) is 11.4. The lowest BCUT2D eigenvalue weighted by Gasteiger charge is -2.30. The zero-order valence-electron chi connectivity index (χ0n) is 28.5. The van der Waals surface area contributed by atoms with E-state index in [1.165, 1.54) is 88.3 Å². The Morgan fingerprint density at radius 3 is 1.25 bits per heavy atom. The smallest absolute Gasteiger partial charge is 0.0726 e. The van der Waals surface area contributed by atoms with Crippen molar-refractivity contribution in [3.8, 4) is 44.5 Å². The topological polar surface area (TPSA) is 12.0 Å². The molecule has 242 valence electrons. The molecule has 9 aromatic carbocycles. The summed E-state index contributed by atoms with van der Waals surface area (Å²) >= 11 is 0. The minimum atomic E-state index is -0.340. The van der Waals surface area contributed by atoms with Crippen molar-refractivity contribution < 1.29 is 0 Å². The van der Waals surface area contributed by atoms with Gasteiger partial charge in [0.05, 0.1) is 5.41 Å². The summed E-state index contributed by atoms with van der Waals surface area (Å²) in [6.07, 6.45) is 0. The monoisotopic (exact) mass is 659 g/mol. The van der Waals surface area contributed by atoms with Crippen molar-refractivity contribution in [3.05, 3.63) is 216 Å². The first-order valence-corrected chi connectivity index (χ1v) is 18.1.